The summed E-state index contributed by atoms with van der Waals surface area (Å²) in [6, 6.07) is -1.67. The molecule has 0 spiro atoms. The van der Waals surface area contributed by atoms with Gasteiger partial charge < -0.3 is 10.8 Å². The van der Waals surface area contributed by atoms with Gasteiger partial charge in [0.05, 0.1) is 0 Å². The Kier molecular flexibility index (Phi) is 1.16. The van der Waals surface area contributed by atoms with E-state index in [1.807, 2.05) is 0 Å². The summed E-state index contributed by atoms with van der Waals surface area (Å²) in [5.41, 5.74) is 5.09. The second-order valence-electron chi connectivity index (χ2n) is 1.71. The first-order valence-corrected chi connectivity index (χ1v) is 2.42. The molecule has 3 nitrogen and oxygen atoms in total. The van der Waals surface area contributed by atoms with Crippen molar-refractivity contribution in [1.82, 2.24) is 0 Å². The molecule has 3 atom stereocenters. The standard InChI is InChI=1S/C6H13NO2/c1-4(2)3-5(7)6(8)9/h4-5H,3,7H2,1-2H3,(H,8,9)/t5-/m0/s1/i1D3,3D,4D/t3-,4+,5-. The van der Waals surface area contributed by atoms with Gasteiger partial charge in [-0.05, 0) is 12.3 Å². The topological polar surface area (TPSA) is 63.3 Å². The number of hydrogen-bond acceptors (Lipinski definition) is 2. The molecule has 0 aromatic carbocycles. The minimum absolute atomic E-state index is 0.987. The van der Waals surface area contributed by atoms with Crippen LogP contribution in [0.4, 0.5) is 0 Å². The fraction of sp³-hybridized carbons (Fsp3) is 0.833. The quantitative estimate of drug-likeness (QED) is 0.592. The highest BCUT2D eigenvalue weighted by Gasteiger charge is 2.11. The number of rotatable bonds is 3. The number of carbonyl (C=O) groups is 1. The predicted molar refractivity (Wildman–Crippen MR) is 35.1 cm³/mol. The third-order valence-electron chi connectivity index (χ3n) is 0.715. The van der Waals surface area contributed by atoms with E-state index in [0.717, 1.165) is 6.92 Å². The lowest BCUT2D eigenvalue weighted by Gasteiger charge is -2.07. The number of hydrogen-bond donors (Lipinski definition) is 2. The highest BCUT2D eigenvalue weighted by molar-refractivity contribution is 5.72. The molecule has 3 N–H and O–H groups in total. The summed E-state index contributed by atoms with van der Waals surface area (Å²) < 4.78 is 35.7. The molecular formula is C6H13NO2. The highest BCUT2D eigenvalue weighted by Crippen LogP contribution is 2.01. The van der Waals surface area contributed by atoms with Gasteiger partial charge in [-0.15, -0.1) is 0 Å². The average Bonchev–Trinajstić information content (AvgIpc) is 1.99. The third-order valence-corrected chi connectivity index (χ3v) is 0.715. The van der Waals surface area contributed by atoms with Crippen molar-refractivity contribution in [3.63, 3.8) is 0 Å². The Morgan fingerprint density at radius 1 is 2.22 bits per heavy atom. The maximum absolute atomic E-state index is 10.4. The van der Waals surface area contributed by atoms with E-state index in [0.29, 0.717) is 0 Å². The first kappa shape index (κ1) is 3.01. The zero-order valence-electron chi connectivity index (χ0n) is 10.1. The van der Waals surface area contributed by atoms with E-state index < -0.39 is 31.2 Å². The van der Waals surface area contributed by atoms with Crippen LogP contribution in [0.25, 0.3) is 0 Å². The molecule has 0 bridgehead atoms. The van der Waals surface area contributed by atoms with Crippen LogP contribution in [-0.4, -0.2) is 17.1 Å². The molecule has 0 unspecified atom stereocenters. The summed E-state index contributed by atoms with van der Waals surface area (Å²) in [4.78, 5) is 10.4. The van der Waals surface area contributed by atoms with Crippen LogP contribution < -0.4 is 5.73 Å². The molecule has 0 fully saturated rings. The highest BCUT2D eigenvalue weighted by atomic mass is 16.4. The van der Waals surface area contributed by atoms with Crippen LogP contribution in [0.15, 0.2) is 0 Å². The molecule has 0 heterocycles. The lowest BCUT2D eigenvalue weighted by molar-refractivity contribution is -0.138. The zero-order chi connectivity index (χ0) is 11.7. The van der Waals surface area contributed by atoms with E-state index in [9.17, 15) is 4.79 Å². The van der Waals surface area contributed by atoms with Crippen molar-refractivity contribution in [1.29, 1.82) is 0 Å². The number of carboxylic acids is 1. The number of nitrogens with two attached hydrogens (primary N) is 1. The van der Waals surface area contributed by atoms with Gasteiger partial charge in [0.2, 0.25) is 0 Å². The maximum atomic E-state index is 10.4. The van der Waals surface area contributed by atoms with Crippen molar-refractivity contribution in [3.05, 3.63) is 0 Å². The minimum Gasteiger partial charge on any atom is -0.480 e. The fourth-order valence-electron chi connectivity index (χ4n) is 0.341. The van der Waals surface area contributed by atoms with Crippen LogP contribution in [0.3, 0.4) is 0 Å². The molecule has 3 heteroatoms. The maximum Gasteiger partial charge on any atom is 0.320 e. The molecule has 0 aliphatic carbocycles. The van der Waals surface area contributed by atoms with Crippen molar-refractivity contribution >= 4 is 5.97 Å². The molecule has 0 aliphatic heterocycles. The van der Waals surface area contributed by atoms with E-state index in [1.54, 1.807) is 0 Å². The summed E-state index contributed by atoms with van der Waals surface area (Å²) in [7, 11) is 0. The SMILES string of the molecule is [2H][C@H]([C@H](N)C(=O)O)[C@@]([2H])(C)C([2H])([2H])[2H]. The van der Waals surface area contributed by atoms with Crippen LogP contribution in [0, 0.1) is 5.89 Å². The number of aliphatic carboxylic acids is 1. The molecular weight excluding hydrogens is 118 g/mol. The van der Waals surface area contributed by atoms with E-state index >= 15 is 0 Å². The van der Waals surface area contributed by atoms with E-state index in [4.69, 9.17) is 17.7 Å². The van der Waals surface area contributed by atoms with Crippen LogP contribution in [0.2, 0.25) is 0 Å². The number of carboxylic acid groups (broad SMARTS) is 1. The second kappa shape index (κ2) is 3.45. The molecule has 0 saturated carbocycles. The molecule has 0 saturated heterocycles. The summed E-state index contributed by atoms with van der Waals surface area (Å²) in [5.74, 6) is -3.67. The Morgan fingerprint density at radius 2 is 2.78 bits per heavy atom. The van der Waals surface area contributed by atoms with E-state index in [2.05, 4.69) is 0 Å². The second-order valence-corrected chi connectivity index (χ2v) is 1.71. The van der Waals surface area contributed by atoms with Gasteiger partial charge in [0.25, 0.3) is 0 Å². The van der Waals surface area contributed by atoms with Gasteiger partial charge in [-0.25, -0.2) is 0 Å². The van der Waals surface area contributed by atoms with E-state index in [1.165, 1.54) is 0 Å². The van der Waals surface area contributed by atoms with Gasteiger partial charge in [-0.3, -0.25) is 4.79 Å². The molecule has 0 rings (SSSR count). The van der Waals surface area contributed by atoms with Gasteiger partial charge in [0.1, 0.15) is 6.04 Å². The van der Waals surface area contributed by atoms with Gasteiger partial charge in [0, 0.05) is 6.85 Å². The Morgan fingerprint density at radius 3 is 3.11 bits per heavy atom. The molecule has 0 radical (unpaired) electrons. The molecule has 0 aliphatic rings. The van der Waals surface area contributed by atoms with Crippen LogP contribution in [0.1, 0.15) is 27.0 Å². The summed E-state index contributed by atoms with van der Waals surface area (Å²) in [5, 5.41) is 8.47. The minimum atomic E-state index is -2.73. The van der Waals surface area contributed by atoms with Crippen molar-refractivity contribution < 1.29 is 16.8 Å². The Balaban J connectivity index is 4.84. The largest absolute Gasteiger partial charge is 0.480 e. The monoisotopic (exact) mass is 136 g/mol. The lowest BCUT2D eigenvalue weighted by Crippen LogP contribution is -2.31. The van der Waals surface area contributed by atoms with Crippen molar-refractivity contribution in [2.45, 2.75) is 26.2 Å². The lowest BCUT2D eigenvalue weighted by atomic mass is 10.1. The summed E-state index contributed by atoms with van der Waals surface area (Å²) in [6.07, 6.45) is -1.70. The van der Waals surface area contributed by atoms with Crippen LogP contribution in [0.5, 0.6) is 0 Å². The average molecular weight is 136 g/mol. The van der Waals surface area contributed by atoms with Crippen molar-refractivity contribution in [2.75, 3.05) is 0 Å². The third kappa shape index (κ3) is 3.97. The van der Waals surface area contributed by atoms with E-state index in [-0.39, 0.29) is 0 Å². The molecule has 0 aromatic rings. The molecule has 54 valence electrons. The summed E-state index contributed by atoms with van der Waals surface area (Å²) in [6.45, 7) is -1.74. The Labute approximate surface area is 61.9 Å². The fourth-order valence-corrected chi connectivity index (χ4v) is 0.341. The molecule has 0 aromatic heterocycles. The normalized spacial score (nSPS) is 33.3. The first-order chi connectivity index (χ1) is 6.01. The molecule has 9 heavy (non-hydrogen) atoms. The van der Waals surface area contributed by atoms with Crippen LogP contribution >= 0.6 is 0 Å². The smallest absolute Gasteiger partial charge is 0.320 e. The Bertz CT molecular complexity index is 227. The van der Waals surface area contributed by atoms with Crippen LogP contribution in [-0.2, 0) is 4.79 Å². The zero-order valence-corrected chi connectivity index (χ0v) is 5.09. The van der Waals surface area contributed by atoms with Gasteiger partial charge in [-0.2, -0.15) is 0 Å². The molecule has 0 amide bonds. The predicted octanol–water partition coefficient (Wildman–Crippen LogP) is 0.444. The van der Waals surface area contributed by atoms with Crippen molar-refractivity contribution in [3.8, 4) is 0 Å². The Hall–Kier alpha value is -0.570. The van der Waals surface area contributed by atoms with Gasteiger partial charge in [-0.1, -0.05) is 13.8 Å². The van der Waals surface area contributed by atoms with Gasteiger partial charge >= 0.3 is 5.97 Å². The summed E-state index contributed by atoms with van der Waals surface area (Å²) >= 11 is 0. The van der Waals surface area contributed by atoms with Gasteiger partial charge in [0.15, 0.2) is 0 Å². The first-order valence-electron chi connectivity index (χ1n) is 5.00. The van der Waals surface area contributed by atoms with Crippen molar-refractivity contribution in [2.24, 2.45) is 11.6 Å².